The van der Waals surface area contributed by atoms with E-state index in [1.807, 2.05) is 62.4 Å². The number of benzene rings is 3. The quantitative estimate of drug-likeness (QED) is 0.178. The fourth-order valence-electron chi connectivity index (χ4n) is 6.38. The Bertz CT molecular complexity index is 1840. The van der Waals surface area contributed by atoms with Gasteiger partial charge in [-0.05, 0) is 68.3 Å². The molecule has 0 bridgehead atoms. The van der Waals surface area contributed by atoms with E-state index in [-0.39, 0.29) is 28.3 Å². The van der Waals surface area contributed by atoms with Crippen LogP contribution in [0.3, 0.4) is 0 Å². The molecule has 6 rings (SSSR count). The van der Waals surface area contributed by atoms with E-state index >= 15 is 0 Å². The van der Waals surface area contributed by atoms with E-state index in [2.05, 4.69) is 29.4 Å². The van der Waals surface area contributed by atoms with Gasteiger partial charge in [-0.1, -0.05) is 51.0 Å². The van der Waals surface area contributed by atoms with Gasteiger partial charge in [-0.2, -0.15) is 4.58 Å². The first-order chi connectivity index (χ1) is 21.6. The van der Waals surface area contributed by atoms with Gasteiger partial charge >= 0.3 is 5.97 Å². The Morgan fingerprint density at radius 1 is 0.956 bits per heavy atom. The summed E-state index contributed by atoms with van der Waals surface area (Å²) in [6, 6.07) is 19.2. The maximum atomic E-state index is 13.4. The van der Waals surface area contributed by atoms with Crippen molar-refractivity contribution < 1.29 is 29.1 Å². The monoisotopic (exact) mass is 603 g/mol. The second-order valence-electron chi connectivity index (χ2n) is 12.3. The summed E-state index contributed by atoms with van der Waals surface area (Å²) in [7, 11) is 0. The van der Waals surface area contributed by atoms with Crippen molar-refractivity contribution in [1.29, 1.82) is 0 Å². The SMILES string of the molecule is CCCCN1c2ccccc2Oc2cc(/C=C/C3=C(O)C(=C/C4=[N+](CCCC)c5ccc(C(=O)O)cc5C4(C)C)/C3=O)ccc21. The standard InChI is InChI=1S/C38H38N2O5/c1-5-7-19-39-30-11-9-10-12-32(30)45-33-21-24(14-17-31(33)39)13-16-26-35(41)27(36(26)42)23-34-38(3,4)28-22-25(37(43)44)15-18-29(28)40(34)20-8-6-2/h9-18,21-23H,5-8,19-20H2,1-4H3,(H-,41,42,43,44)/p+1. The summed E-state index contributed by atoms with van der Waals surface area (Å²) in [4.78, 5) is 27.4. The highest BCUT2D eigenvalue weighted by molar-refractivity contribution is 6.24. The molecule has 0 amide bonds. The number of carboxylic acid groups (broad SMARTS) is 1. The number of aliphatic hydroxyl groups is 1. The molecule has 45 heavy (non-hydrogen) atoms. The van der Waals surface area contributed by atoms with Crippen LogP contribution in [0, 0.1) is 0 Å². The number of aliphatic hydroxyl groups excluding tert-OH is 1. The van der Waals surface area contributed by atoms with E-state index < -0.39 is 11.4 Å². The third-order valence-corrected chi connectivity index (χ3v) is 8.98. The Morgan fingerprint density at radius 3 is 2.44 bits per heavy atom. The third kappa shape index (κ3) is 5.26. The number of anilines is 2. The molecule has 2 N–H and O–H groups in total. The molecular weight excluding hydrogens is 564 g/mol. The first kappa shape index (κ1) is 30.1. The number of fused-ring (bicyclic) bond motifs is 3. The number of para-hydroxylation sites is 2. The fraction of sp³-hybridized carbons (Fsp3) is 0.289. The number of unbranched alkanes of at least 4 members (excludes halogenated alkanes) is 2. The first-order valence-corrected chi connectivity index (χ1v) is 15.7. The molecule has 3 aromatic carbocycles. The van der Waals surface area contributed by atoms with Crippen LogP contribution in [-0.2, 0) is 10.2 Å². The first-order valence-electron chi connectivity index (χ1n) is 15.7. The zero-order chi connectivity index (χ0) is 31.9. The highest BCUT2D eigenvalue weighted by atomic mass is 16.5. The maximum absolute atomic E-state index is 13.4. The number of aromatic carboxylic acids is 1. The molecule has 0 unspecified atom stereocenters. The second kappa shape index (κ2) is 11.9. The molecule has 0 atom stereocenters. The number of carbonyl (C=O) groups is 2. The van der Waals surface area contributed by atoms with Crippen LogP contribution in [0.1, 0.15) is 74.9 Å². The predicted octanol–water partition coefficient (Wildman–Crippen LogP) is 8.64. The van der Waals surface area contributed by atoms with Gasteiger partial charge in [0.25, 0.3) is 0 Å². The fourth-order valence-corrected chi connectivity index (χ4v) is 6.38. The van der Waals surface area contributed by atoms with E-state index in [0.717, 1.165) is 84.2 Å². The normalized spacial score (nSPS) is 17.4. The second-order valence-corrected chi connectivity index (χ2v) is 12.3. The van der Waals surface area contributed by atoms with E-state index in [0.29, 0.717) is 0 Å². The lowest BCUT2D eigenvalue weighted by molar-refractivity contribution is -0.438. The van der Waals surface area contributed by atoms with Crippen molar-refractivity contribution in [2.24, 2.45) is 0 Å². The van der Waals surface area contributed by atoms with Crippen LogP contribution in [0.2, 0.25) is 0 Å². The van der Waals surface area contributed by atoms with Crippen LogP contribution in [0.15, 0.2) is 89.7 Å². The van der Waals surface area contributed by atoms with E-state index in [1.165, 1.54) is 0 Å². The molecule has 2 heterocycles. The molecule has 7 nitrogen and oxygen atoms in total. The molecule has 0 fully saturated rings. The number of ether oxygens (including phenoxy) is 1. The van der Waals surface area contributed by atoms with Crippen molar-refractivity contribution in [1.82, 2.24) is 0 Å². The van der Waals surface area contributed by atoms with Gasteiger partial charge in [-0.15, -0.1) is 0 Å². The minimum atomic E-state index is -0.976. The van der Waals surface area contributed by atoms with Crippen LogP contribution in [0.25, 0.3) is 6.08 Å². The van der Waals surface area contributed by atoms with Gasteiger partial charge < -0.3 is 19.8 Å². The lowest BCUT2D eigenvalue weighted by atomic mass is 9.78. The average Bonchev–Trinajstić information content (AvgIpc) is 3.25. The van der Waals surface area contributed by atoms with Crippen molar-refractivity contribution in [2.75, 3.05) is 18.0 Å². The summed E-state index contributed by atoms with van der Waals surface area (Å²) in [5.74, 6) is 0.330. The average molecular weight is 604 g/mol. The zero-order valence-electron chi connectivity index (χ0n) is 26.3. The molecule has 3 aromatic rings. The molecule has 0 aromatic heterocycles. The highest BCUT2D eigenvalue weighted by Gasteiger charge is 2.46. The van der Waals surface area contributed by atoms with Gasteiger partial charge in [0.2, 0.25) is 11.5 Å². The topological polar surface area (TPSA) is 90.1 Å². The van der Waals surface area contributed by atoms with Crippen LogP contribution in [0.4, 0.5) is 17.1 Å². The van der Waals surface area contributed by atoms with Gasteiger partial charge in [-0.3, -0.25) is 4.79 Å². The number of nitrogens with zero attached hydrogens (tertiary/aromatic N) is 2. The van der Waals surface area contributed by atoms with Crippen LogP contribution >= 0.6 is 0 Å². The van der Waals surface area contributed by atoms with Gasteiger partial charge in [0, 0.05) is 30.7 Å². The highest BCUT2D eigenvalue weighted by Crippen LogP contribution is 2.47. The van der Waals surface area contributed by atoms with Gasteiger partial charge in [-0.25, -0.2) is 4.79 Å². The van der Waals surface area contributed by atoms with Crippen molar-refractivity contribution in [2.45, 2.75) is 58.8 Å². The molecule has 0 saturated heterocycles. The largest absolute Gasteiger partial charge is 0.506 e. The summed E-state index contributed by atoms with van der Waals surface area (Å²) in [5, 5.41) is 20.7. The molecule has 1 aliphatic carbocycles. The summed E-state index contributed by atoms with van der Waals surface area (Å²) in [6.07, 6.45) is 9.33. The van der Waals surface area contributed by atoms with Crippen molar-refractivity contribution >= 4 is 40.6 Å². The Balaban J connectivity index is 1.29. The van der Waals surface area contributed by atoms with Crippen LogP contribution in [0.5, 0.6) is 11.5 Å². The molecule has 0 spiro atoms. The number of allylic oxidation sites excluding steroid dienone is 4. The number of hydrogen-bond acceptors (Lipinski definition) is 5. The van der Waals surface area contributed by atoms with Gasteiger partial charge in [0.1, 0.15) is 12.3 Å². The van der Waals surface area contributed by atoms with Crippen molar-refractivity contribution in [3.8, 4) is 11.5 Å². The number of ketones is 1. The number of rotatable bonds is 10. The number of Topliss-reactive ketones (excluding diaryl/α,β-unsaturated/α-hetero) is 1. The number of carbonyl (C=O) groups excluding carboxylic acids is 1. The van der Waals surface area contributed by atoms with E-state index in [9.17, 15) is 19.8 Å². The molecule has 3 aliphatic rings. The third-order valence-electron chi connectivity index (χ3n) is 8.98. The number of hydrogen-bond donors (Lipinski definition) is 2. The number of carboxylic acids is 1. The summed E-state index contributed by atoms with van der Waals surface area (Å²) in [5.41, 5.74) is 5.82. The molecule has 7 heteroatoms. The molecular formula is C38H39N2O5+. The Kier molecular flexibility index (Phi) is 7.96. The Hall–Kier alpha value is -4.91. The van der Waals surface area contributed by atoms with Gasteiger partial charge in [0.05, 0.1) is 33.5 Å². The van der Waals surface area contributed by atoms with Crippen molar-refractivity contribution in [3.63, 3.8) is 0 Å². The lowest BCUT2D eigenvalue weighted by Gasteiger charge is -2.33. The lowest BCUT2D eigenvalue weighted by Crippen LogP contribution is -2.31. The van der Waals surface area contributed by atoms with E-state index in [1.54, 1.807) is 24.3 Å². The summed E-state index contributed by atoms with van der Waals surface area (Å²) >= 11 is 0. The molecule has 0 saturated carbocycles. The smallest absolute Gasteiger partial charge is 0.335 e. The minimum absolute atomic E-state index is 0.0361. The molecule has 230 valence electrons. The summed E-state index contributed by atoms with van der Waals surface area (Å²) in [6.45, 7) is 9.97. The van der Waals surface area contributed by atoms with Crippen LogP contribution < -0.4 is 9.64 Å². The van der Waals surface area contributed by atoms with Crippen molar-refractivity contribution in [3.05, 3.63) is 106 Å². The Morgan fingerprint density at radius 2 is 1.71 bits per heavy atom. The predicted molar refractivity (Wildman–Crippen MR) is 178 cm³/mol. The Labute approximate surface area is 264 Å². The van der Waals surface area contributed by atoms with Gasteiger partial charge in [0.15, 0.2) is 17.2 Å². The molecule has 0 radical (unpaired) electrons. The zero-order valence-corrected chi connectivity index (χ0v) is 26.3. The maximum Gasteiger partial charge on any atom is 0.335 e. The minimum Gasteiger partial charge on any atom is -0.506 e. The van der Waals surface area contributed by atoms with Crippen LogP contribution in [-0.4, -0.2) is 45.3 Å². The summed E-state index contributed by atoms with van der Waals surface area (Å²) < 4.78 is 8.41. The molecule has 2 aliphatic heterocycles. The van der Waals surface area contributed by atoms with E-state index in [4.69, 9.17) is 4.74 Å².